The average molecular weight is 239 g/mol. The van der Waals surface area contributed by atoms with Crippen molar-refractivity contribution in [2.75, 3.05) is 7.05 Å². The molecule has 1 rings (SSSR count). The van der Waals surface area contributed by atoms with Crippen LogP contribution in [0.25, 0.3) is 0 Å². The molecule has 0 amide bonds. The summed E-state index contributed by atoms with van der Waals surface area (Å²) < 4.78 is 1.91. The summed E-state index contributed by atoms with van der Waals surface area (Å²) in [6.45, 7) is 4.36. The van der Waals surface area contributed by atoms with E-state index in [9.17, 15) is 9.90 Å². The Hall–Kier alpha value is -1.36. The van der Waals surface area contributed by atoms with Crippen LogP contribution in [0.1, 0.15) is 32.5 Å². The van der Waals surface area contributed by atoms with Crippen molar-refractivity contribution in [2.24, 2.45) is 7.05 Å². The van der Waals surface area contributed by atoms with Crippen molar-refractivity contribution < 1.29 is 9.90 Å². The van der Waals surface area contributed by atoms with Crippen molar-refractivity contribution in [1.82, 2.24) is 14.5 Å². The first-order chi connectivity index (χ1) is 7.97. The second-order valence-electron chi connectivity index (χ2n) is 4.35. The van der Waals surface area contributed by atoms with Gasteiger partial charge in [-0.15, -0.1) is 0 Å². The third kappa shape index (κ3) is 2.49. The van der Waals surface area contributed by atoms with Gasteiger partial charge in [-0.25, -0.2) is 4.98 Å². The molecule has 0 atom stereocenters. The number of imidazole rings is 1. The molecule has 1 heterocycles. The Kier molecular flexibility index (Phi) is 4.28. The monoisotopic (exact) mass is 239 g/mol. The van der Waals surface area contributed by atoms with E-state index in [1.54, 1.807) is 6.20 Å². The van der Waals surface area contributed by atoms with E-state index in [0.717, 1.165) is 5.82 Å². The fourth-order valence-electron chi connectivity index (χ4n) is 2.17. The zero-order chi connectivity index (χ0) is 13.1. The van der Waals surface area contributed by atoms with Crippen LogP contribution in [0.3, 0.4) is 0 Å². The maximum Gasteiger partial charge on any atom is 0.324 e. The van der Waals surface area contributed by atoms with Gasteiger partial charge in [-0.3, -0.25) is 9.69 Å². The fourth-order valence-corrected chi connectivity index (χ4v) is 2.17. The van der Waals surface area contributed by atoms with Crippen LogP contribution in [0.4, 0.5) is 0 Å². The molecule has 5 heteroatoms. The Morgan fingerprint density at radius 1 is 1.53 bits per heavy atom. The molecule has 1 aromatic rings. The maximum atomic E-state index is 11.5. The van der Waals surface area contributed by atoms with Crippen molar-refractivity contribution in [3.63, 3.8) is 0 Å². The summed E-state index contributed by atoms with van der Waals surface area (Å²) in [5.41, 5.74) is -0.800. The number of aromatic nitrogens is 2. The van der Waals surface area contributed by atoms with Gasteiger partial charge in [0.05, 0.1) is 6.54 Å². The molecule has 0 radical (unpaired) electrons. The van der Waals surface area contributed by atoms with E-state index in [2.05, 4.69) is 4.98 Å². The number of aryl methyl sites for hydroxylation is 1. The van der Waals surface area contributed by atoms with Crippen LogP contribution in [0.2, 0.25) is 0 Å². The lowest BCUT2D eigenvalue weighted by molar-refractivity contribution is -0.152. The Morgan fingerprint density at radius 3 is 2.47 bits per heavy atom. The number of carboxylic acid groups (broad SMARTS) is 1. The van der Waals surface area contributed by atoms with Crippen molar-refractivity contribution in [2.45, 2.75) is 38.8 Å². The second kappa shape index (κ2) is 5.31. The predicted octanol–water partition coefficient (Wildman–Crippen LogP) is 1.50. The number of aliphatic carboxylic acids is 1. The summed E-state index contributed by atoms with van der Waals surface area (Å²) in [5.74, 6) is 0.110. The third-order valence-corrected chi connectivity index (χ3v) is 3.60. The number of hydrogen-bond acceptors (Lipinski definition) is 3. The van der Waals surface area contributed by atoms with Gasteiger partial charge in [0, 0.05) is 19.4 Å². The van der Waals surface area contributed by atoms with Crippen LogP contribution >= 0.6 is 0 Å². The largest absolute Gasteiger partial charge is 0.480 e. The molecule has 0 saturated heterocycles. The van der Waals surface area contributed by atoms with E-state index < -0.39 is 11.5 Å². The average Bonchev–Trinajstić information content (AvgIpc) is 2.66. The summed E-state index contributed by atoms with van der Waals surface area (Å²) in [6.07, 6.45) is 4.76. The molecule has 96 valence electrons. The van der Waals surface area contributed by atoms with Gasteiger partial charge in [-0.2, -0.15) is 0 Å². The van der Waals surface area contributed by atoms with Crippen LogP contribution in [0.5, 0.6) is 0 Å². The molecule has 0 aliphatic rings. The van der Waals surface area contributed by atoms with Crippen molar-refractivity contribution >= 4 is 5.97 Å². The molecule has 0 aliphatic heterocycles. The highest BCUT2D eigenvalue weighted by atomic mass is 16.4. The summed E-state index contributed by atoms with van der Waals surface area (Å²) in [7, 11) is 3.76. The third-order valence-electron chi connectivity index (χ3n) is 3.60. The first-order valence-electron chi connectivity index (χ1n) is 5.88. The van der Waals surface area contributed by atoms with Gasteiger partial charge in [-0.05, 0) is 19.9 Å². The molecule has 0 fully saturated rings. The van der Waals surface area contributed by atoms with Crippen LogP contribution < -0.4 is 0 Å². The number of carbonyl (C=O) groups is 1. The summed E-state index contributed by atoms with van der Waals surface area (Å²) >= 11 is 0. The Balaban J connectivity index is 2.90. The number of carboxylic acids is 1. The molecule has 0 spiro atoms. The lowest BCUT2D eigenvalue weighted by Crippen LogP contribution is -2.51. The number of rotatable bonds is 6. The standard InChI is InChI=1S/C12H21N3O2/c1-5-12(6-2,11(16)17)15(4)9-10-13-7-8-14(10)3/h7-8H,5-6,9H2,1-4H3,(H,16,17). The predicted molar refractivity (Wildman–Crippen MR) is 65.6 cm³/mol. The normalized spacial score (nSPS) is 12.1. The zero-order valence-electron chi connectivity index (χ0n) is 11.0. The van der Waals surface area contributed by atoms with E-state index in [4.69, 9.17) is 0 Å². The molecule has 0 aromatic carbocycles. The van der Waals surface area contributed by atoms with Crippen LogP contribution in [0.15, 0.2) is 12.4 Å². The van der Waals surface area contributed by atoms with E-state index in [1.807, 2.05) is 43.6 Å². The highest BCUT2D eigenvalue weighted by molar-refractivity contribution is 5.78. The first kappa shape index (κ1) is 13.7. The summed E-state index contributed by atoms with van der Waals surface area (Å²) in [6, 6.07) is 0. The Morgan fingerprint density at radius 2 is 2.12 bits per heavy atom. The van der Waals surface area contributed by atoms with E-state index in [-0.39, 0.29) is 0 Å². The lowest BCUT2D eigenvalue weighted by Gasteiger charge is -2.36. The minimum absolute atomic E-state index is 0.539. The van der Waals surface area contributed by atoms with E-state index >= 15 is 0 Å². The summed E-state index contributed by atoms with van der Waals surface area (Å²) in [4.78, 5) is 17.6. The topological polar surface area (TPSA) is 58.4 Å². The summed E-state index contributed by atoms with van der Waals surface area (Å²) in [5, 5.41) is 9.42. The van der Waals surface area contributed by atoms with Gasteiger partial charge >= 0.3 is 5.97 Å². The van der Waals surface area contributed by atoms with E-state index in [1.165, 1.54) is 0 Å². The van der Waals surface area contributed by atoms with Crippen molar-refractivity contribution in [3.05, 3.63) is 18.2 Å². The SMILES string of the molecule is CCC(CC)(C(=O)O)N(C)Cc1nccn1C. The zero-order valence-corrected chi connectivity index (χ0v) is 11.0. The smallest absolute Gasteiger partial charge is 0.324 e. The van der Waals surface area contributed by atoms with Gasteiger partial charge in [0.1, 0.15) is 11.4 Å². The molecule has 0 aliphatic carbocycles. The van der Waals surface area contributed by atoms with Crippen LogP contribution in [-0.2, 0) is 18.4 Å². The molecule has 0 bridgehead atoms. The lowest BCUT2D eigenvalue weighted by atomic mass is 9.91. The molecule has 17 heavy (non-hydrogen) atoms. The number of nitrogens with zero attached hydrogens (tertiary/aromatic N) is 3. The molecule has 1 aromatic heterocycles. The minimum Gasteiger partial charge on any atom is -0.480 e. The van der Waals surface area contributed by atoms with E-state index in [0.29, 0.717) is 19.4 Å². The van der Waals surface area contributed by atoms with Crippen molar-refractivity contribution in [3.8, 4) is 0 Å². The van der Waals surface area contributed by atoms with Gasteiger partial charge in [0.15, 0.2) is 0 Å². The second-order valence-corrected chi connectivity index (χ2v) is 4.35. The van der Waals surface area contributed by atoms with Crippen LogP contribution in [-0.4, -0.2) is 38.1 Å². The van der Waals surface area contributed by atoms with Gasteiger partial charge in [0.2, 0.25) is 0 Å². The van der Waals surface area contributed by atoms with Gasteiger partial charge < -0.3 is 9.67 Å². The Bertz CT molecular complexity index is 383. The highest BCUT2D eigenvalue weighted by Gasteiger charge is 2.39. The number of likely N-dealkylation sites (N-methyl/N-ethyl adjacent to an activating group) is 1. The molecular formula is C12H21N3O2. The molecule has 1 N–H and O–H groups in total. The fraction of sp³-hybridized carbons (Fsp3) is 0.667. The van der Waals surface area contributed by atoms with Crippen molar-refractivity contribution in [1.29, 1.82) is 0 Å². The highest BCUT2D eigenvalue weighted by Crippen LogP contribution is 2.24. The first-order valence-corrected chi connectivity index (χ1v) is 5.88. The molecular weight excluding hydrogens is 218 g/mol. The van der Waals surface area contributed by atoms with Crippen LogP contribution in [0, 0.1) is 0 Å². The maximum absolute atomic E-state index is 11.5. The van der Waals surface area contributed by atoms with Gasteiger partial charge in [-0.1, -0.05) is 13.8 Å². The van der Waals surface area contributed by atoms with Gasteiger partial charge in [0.25, 0.3) is 0 Å². The molecule has 5 nitrogen and oxygen atoms in total. The minimum atomic E-state index is -0.800. The quantitative estimate of drug-likeness (QED) is 0.817. The number of hydrogen-bond donors (Lipinski definition) is 1. The Labute approximate surface area is 102 Å². The molecule has 0 unspecified atom stereocenters. The molecule has 0 saturated carbocycles.